The fourth-order valence-corrected chi connectivity index (χ4v) is 6.61. The van der Waals surface area contributed by atoms with Crippen molar-refractivity contribution >= 4 is 29.3 Å². The molecule has 4 unspecified atom stereocenters. The molecule has 11 nitrogen and oxygen atoms in total. The van der Waals surface area contributed by atoms with E-state index in [1.54, 1.807) is 43.6 Å². The van der Waals surface area contributed by atoms with Gasteiger partial charge in [-0.25, -0.2) is 19.7 Å². The summed E-state index contributed by atoms with van der Waals surface area (Å²) in [6.07, 6.45) is 5.59. The van der Waals surface area contributed by atoms with Crippen LogP contribution in [0.4, 0.5) is 28.1 Å². The second-order valence-corrected chi connectivity index (χ2v) is 11.9. The molecular formula is C32H41N7O4. The van der Waals surface area contributed by atoms with Gasteiger partial charge in [-0.1, -0.05) is 13.0 Å². The largest absolute Gasteiger partial charge is 0.495 e. The highest BCUT2D eigenvalue weighted by molar-refractivity contribution is 6.00. The van der Waals surface area contributed by atoms with Gasteiger partial charge in [0, 0.05) is 17.7 Å². The van der Waals surface area contributed by atoms with Gasteiger partial charge in [0.25, 0.3) is 0 Å². The van der Waals surface area contributed by atoms with E-state index >= 15 is 0 Å². The second kappa shape index (κ2) is 12.0. The molecule has 0 bridgehead atoms. The van der Waals surface area contributed by atoms with Gasteiger partial charge in [-0.15, -0.1) is 0 Å². The van der Waals surface area contributed by atoms with Gasteiger partial charge in [0.05, 0.1) is 50.9 Å². The first-order valence-electron chi connectivity index (χ1n) is 15.0. The van der Waals surface area contributed by atoms with Crippen LogP contribution >= 0.6 is 0 Å². The Kier molecular flexibility index (Phi) is 8.11. The minimum atomic E-state index is -0.198. The number of ether oxygens (including phenoxy) is 3. The number of rotatable bonds is 7. The molecule has 2 amide bonds. The molecule has 3 aliphatic rings. The molecule has 228 valence electrons. The van der Waals surface area contributed by atoms with Crippen molar-refractivity contribution in [2.24, 2.45) is 5.92 Å². The average molecular weight is 588 g/mol. The van der Waals surface area contributed by atoms with Gasteiger partial charge in [0.1, 0.15) is 17.3 Å². The molecule has 0 radical (unpaired) electrons. The van der Waals surface area contributed by atoms with E-state index in [4.69, 9.17) is 19.2 Å². The summed E-state index contributed by atoms with van der Waals surface area (Å²) >= 11 is 0. The minimum absolute atomic E-state index is 0.0467. The standard InChI is InChI=1S/C32H41N7O4/c1-19-20(2)43-21(3)29(19)38-18-24-16-34-31(36-30(24)39(32(38)40)28-10-8-25(41-5)17-33-28)35-26-9-7-23(15-27(26)42-6)22-11-13-37(4)14-12-22/h7-10,15-17,19-22,29H,11-14,18H2,1-6H3,(H,34,35,36). The number of aromatic nitrogens is 3. The van der Waals surface area contributed by atoms with Crippen LogP contribution in [0, 0.1) is 5.92 Å². The fraction of sp³-hybridized carbons (Fsp3) is 0.500. The smallest absolute Gasteiger partial charge is 0.332 e. The van der Waals surface area contributed by atoms with Gasteiger partial charge in [0.2, 0.25) is 5.95 Å². The van der Waals surface area contributed by atoms with E-state index in [9.17, 15) is 4.79 Å². The zero-order chi connectivity index (χ0) is 30.2. The van der Waals surface area contributed by atoms with E-state index in [-0.39, 0.29) is 30.2 Å². The number of hydrogen-bond acceptors (Lipinski definition) is 9. The third-order valence-corrected chi connectivity index (χ3v) is 9.23. The van der Waals surface area contributed by atoms with Crippen LogP contribution in [-0.4, -0.2) is 83.4 Å². The first-order valence-corrected chi connectivity index (χ1v) is 15.0. The first-order chi connectivity index (χ1) is 20.8. The van der Waals surface area contributed by atoms with E-state index in [2.05, 4.69) is 53.2 Å². The summed E-state index contributed by atoms with van der Waals surface area (Å²) in [6.45, 7) is 8.78. The van der Waals surface area contributed by atoms with E-state index < -0.39 is 0 Å². The Hall–Kier alpha value is -3.96. The maximum absolute atomic E-state index is 14.2. The number of carbonyl (C=O) groups excluding carboxylic acids is 1. The average Bonchev–Trinajstić information content (AvgIpc) is 3.27. The quantitative estimate of drug-likeness (QED) is 0.393. The van der Waals surface area contributed by atoms with Crippen molar-refractivity contribution in [2.45, 2.75) is 64.3 Å². The number of fused-ring (bicyclic) bond motifs is 1. The predicted molar refractivity (Wildman–Crippen MR) is 165 cm³/mol. The molecule has 6 rings (SSSR count). The van der Waals surface area contributed by atoms with Crippen molar-refractivity contribution in [2.75, 3.05) is 44.6 Å². The molecule has 0 aliphatic carbocycles. The molecule has 5 heterocycles. The molecular weight excluding hydrogens is 546 g/mol. The fourth-order valence-electron chi connectivity index (χ4n) is 6.61. The second-order valence-electron chi connectivity index (χ2n) is 11.9. The van der Waals surface area contributed by atoms with Crippen LogP contribution in [0.5, 0.6) is 11.5 Å². The molecule has 2 fully saturated rings. The van der Waals surface area contributed by atoms with Gasteiger partial charge in [-0.2, -0.15) is 4.98 Å². The Labute approximate surface area is 253 Å². The van der Waals surface area contributed by atoms with Gasteiger partial charge in [-0.3, -0.25) is 0 Å². The number of nitrogens with zero attached hydrogens (tertiary/aromatic N) is 6. The summed E-state index contributed by atoms with van der Waals surface area (Å²) in [4.78, 5) is 34.1. The predicted octanol–water partition coefficient (Wildman–Crippen LogP) is 5.33. The summed E-state index contributed by atoms with van der Waals surface area (Å²) in [5.41, 5.74) is 2.86. The minimum Gasteiger partial charge on any atom is -0.495 e. The highest BCUT2D eigenvalue weighted by Gasteiger charge is 2.46. The molecule has 1 aromatic carbocycles. The summed E-state index contributed by atoms with van der Waals surface area (Å²) in [6, 6.07) is 9.55. The van der Waals surface area contributed by atoms with Crippen LogP contribution in [0.1, 0.15) is 50.7 Å². The number of benzene rings is 1. The van der Waals surface area contributed by atoms with Crippen molar-refractivity contribution in [3.05, 3.63) is 53.9 Å². The van der Waals surface area contributed by atoms with Gasteiger partial charge in [0.15, 0.2) is 5.82 Å². The van der Waals surface area contributed by atoms with Crippen molar-refractivity contribution in [1.82, 2.24) is 24.8 Å². The lowest BCUT2D eigenvalue weighted by molar-refractivity contribution is 0.0441. The van der Waals surface area contributed by atoms with Crippen molar-refractivity contribution in [3.63, 3.8) is 0 Å². The van der Waals surface area contributed by atoms with Gasteiger partial charge in [-0.05, 0) is 82.6 Å². The molecule has 3 aromatic rings. The summed E-state index contributed by atoms with van der Waals surface area (Å²) < 4.78 is 17.2. The van der Waals surface area contributed by atoms with Crippen LogP contribution in [0.2, 0.25) is 0 Å². The molecule has 43 heavy (non-hydrogen) atoms. The first kappa shape index (κ1) is 29.1. The zero-order valence-electron chi connectivity index (χ0n) is 25.8. The lowest BCUT2D eigenvalue weighted by atomic mass is 9.89. The number of nitrogens with one attached hydrogen (secondary N) is 1. The SMILES string of the molecule is COc1ccc(N2C(=O)N(C3C(C)OC(C)C3C)Cc3cnc(Nc4ccc(C5CCN(C)CC5)cc4OC)nc32)nc1. The topological polar surface area (TPSA) is 105 Å². The molecule has 11 heteroatoms. The third-order valence-electron chi connectivity index (χ3n) is 9.23. The molecule has 0 spiro atoms. The lowest BCUT2D eigenvalue weighted by Gasteiger charge is -2.40. The molecule has 3 aliphatic heterocycles. The Balaban J connectivity index is 1.33. The van der Waals surface area contributed by atoms with E-state index in [1.807, 2.05) is 17.9 Å². The molecule has 1 N–H and O–H groups in total. The van der Waals surface area contributed by atoms with Crippen LogP contribution in [0.15, 0.2) is 42.7 Å². The van der Waals surface area contributed by atoms with Gasteiger partial charge >= 0.3 is 6.03 Å². The number of piperidine rings is 1. The van der Waals surface area contributed by atoms with Crippen LogP contribution in [0.3, 0.4) is 0 Å². The Bertz CT molecular complexity index is 1460. The summed E-state index contributed by atoms with van der Waals surface area (Å²) in [5.74, 6) is 3.32. The normalized spacial score (nSPS) is 24.7. The Morgan fingerprint density at radius 3 is 2.42 bits per heavy atom. The Morgan fingerprint density at radius 1 is 0.977 bits per heavy atom. The van der Waals surface area contributed by atoms with Crippen molar-refractivity contribution in [3.8, 4) is 11.5 Å². The molecule has 0 saturated carbocycles. The number of urea groups is 1. The number of anilines is 4. The lowest BCUT2D eigenvalue weighted by Crippen LogP contribution is -2.54. The van der Waals surface area contributed by atoms with Crippen LogP contribution in [0.25, 0.3) is 0 Å². The van der Waals surface area contributed by atoms with Crippen molar-refractivity contribution in [1.29, 1.82) is 0 Å². The molecule has 2 aromatic heterocycles. The number of amides is 2. The van der Waals surface area contributed by atoms with Crippen molar-refractivity contribution < 1.29 is 19.0 Å². The van der Waals surface area contributed by atoms with E-state index in [0.717, 1.165) is 42.9 Å². The molecule has 2 saturated heterocycles. The zero-order valence-corrected chi connectivity index (χ0v) is 25.8. The highest BCUT2D eigenvalue weighted by atomic mass is 16.5. The number of carbonyl (C=O) groups is 1. The summed E-state index contributed by atoms with van der Waals surface area (Å²) in [7, 11) is 5.43. The van der Waals surface area contributed by atoms with Crippen LogP contribution < -0.4 is 19.7 Å². The monoisotopic (exact) mass is 587 g/mol. The van der Waals surface area contributed by atoms with Crippen LogP contribution in [-0.2, 0) is 11.3 Å². The maximum atomic E-state index is 14.2. The number of pyridine rings is 1. The number of methoxy groups -OCH3 is 2. The molecule has 4 atom stereocenters. The Morgan fingerprint density at radius 2 is 1.77 bits per heavy atom. The van der Waals surface area contributed by atoms with E-state index in [0.29, 0.717) is 35.8 Å². The maximum Gasteiger partial charge on any atom is 0.332 e. The third kappa shape index (κ3) is 5.59. The highest BCUT2D eigenvalue weighted by Crippen LogP contribution is 2.40. The number of hydrogen-bond donors (Lipinski definition) is 1. The summed E-state index contributed by atoms with van der Waals surface area (Å²) in [5, 5.41) is 3.33. The number of likely N-dealkylation sites (tertiary alicyclic amines) is 1. The van der Waals surface area contributed by atoms with Gasteiger partial charge < -0.3 is 29.3 Å². The van der Waals surface area contributed by atoms with E-state index in [1.165, 1.54) is 5.56 Å².